The highest BCUT2D eigenvalue weighted by Gasteiger charge is 2.35. The first-order chi connectivity index (χ1) is 11.0. The first kappa shape index (κ1) is 18.0. The molecular formula is C15H20F3N5O. The zero-order valence-corrected chi connectivity index (χ0v) is 14.2. The molecule has 1 amide bonds. The fourth-order valence-electron chi connectivity index (χ4n) is 2.53. The zero-order chi connectivity index (χ0) is 18.2. The summed E-state index contributed by atoms with van der Waals surface area (Å²) in [7, 11) is 1.81. The van der Waals surface area contributed by atoms with E-state index < -0.39 is 23.8 Å². The number of nitrogens with one attached hydrogen (secondary N) is 1. The maximum absolute atomic E-state index is 12.7. The molecule has 2 aromatic rings. The molecule has 0 aliphatic rings. The highest BCUT2D eigenvalue weighted by molar-refractivity contribution is 5.79. The lowest BCUT2D eigenvalue weighted by atomic mass is 10.2. The van der Waals surface area contributed by atoms with Crippen molar-refractivity contribution in [3.63, 3.8) is 0 Å². The molecule has 132 valence electrons. The van der Waals surface area contributed by atoms with E-state index in [1.54, 1.807) is 4.68 Å². The first-order valence-corrected chi connectivity index (χ1v) is 7.42. The van der Waals surface area contributed by atoms with Gasteiger partial charge in [0.05, 0.1) is 5.69 Å². The van der Waals surface area contributed by atoms with E-state index in [-0.39, 0.29) is 12.2 Å². The van der Waals surface area contributed by atoms with Crippen LogP contribution in [-0.4, -0.2) is 25.5 Å². The predicted molar refractivity (Wildman–Crippen MR) is 81.2 cm³/mol. The van der Waals surface area contributed by atoms with Crippen LogP contribution in [0, 0.1) is 20.8 Å². The number of rotatable bonds is 4. The second-order valence-corrected chi connectivity index (χ2v) is 5.78. The predicted octanol–water partition coefficient (Wildman–Crippen LogP) is 2.44. The number of alkyl halides is 3. The molecule has 0 spiro atoms. The van der Waals surface area contributed by atoms with Gasteiger partial charge in [-0.1, -0.05) is 0 Å². The van der Waals surface area contributed by atoms with E-state index in [1.165, 1.54) is 13.8 Å². The fraction of sp³-hybridized carbons (Fsp3) is 0.533. The van der Waals surface area contributed by atoms with E-state index in [1.807, 2.05) is 20.9 Å². The van der Waals surface area contributed by atoms with Crippen LogP contribution in [0.1, 0.15) is 41.3 Å². The third kappa shape index (κ3) is 3.44. The number of amides is 1. The standard InChI is InChI=1S/C15H20F3N5O/c1-8-6-13(15(16,17)18)21-23(8)11(4)14(24)19-7-12-9(2)20-22(5)10(12)3/h6,11H,7H2,1-5H3,(H,19,24). The minimum atomic E-state index is -4.53. The first-order valence-electron chi connectivity index (χ1n) is 7.42. The van der Waals surface area contributed by atoms with Crippen LogP contribution in [-0.2, 0) is 24.6 Å². The van der Waals surface area contributed by atoms with Gasteiger partial charge in [-0.15, -0.1) is 0 Å². The Balaban J connectivity index is 2.11. The van der Waals surface area contributed by atoms with Crippen molar-refractivity contribution >= 4 is 5.91 Å². The van der Waals surface area contributed by atoms with Crippen molar-refractivity contribution in [2.24, 2.45) is 7.05 Å². The molecule has 2 aromatic heterocycles. The van der Waals surface area contributed by atoms with Gasteiger partial charge in [0.2, 0.25) is 5.91 Å². The average Bonchev–Trinajstić information content (AvgIpc) is 2.97. The van der Waals surface area contributed by atoms with E-state index in [0.717, 1.165) is 27.7 Å². The van der Waals surface area contributed by atoms with Crippen LogP contribution in [0.3, 0.4) is 0 Å². The van der Waals surface area contributed by atoms with Crippen LogP contribution in [0.15, 0.2) is 6.07 Å². The second-order valence-electron chi connectivity index (χ2n) is 5.78. The highest BCUT2D eigenvalue weighted by atomic mass is 19.4. The van der Waals surface area contributed by atoms with Gasteiger partial charge in [0.1, 0.15) is 6.04 Å². The molecule has 2 rings (SSSR count). The maximum atomic E-state index is 12.7. The quantitative estimate of drug-likeness (QED) is 0.927. The molecule has 0 aliphatic carbocycles. The van der Waals surface area contributed by atoms with Gasteiger partial charge in [-0.3, -0.25) is 14.2 Å². The molecule has 0 bridgehead atoms. The highest BCUT2D eigenvalue weighted by Crippen LogP contribution is 2.29. The molecule has 2 heterocycles. The van der Waals surface area contributed by atoms with Gasteiger partial charge in [-0.2, -0.15) is 23.4 Å². The number of aromatic nitrogens is 4. The molecule has 0 radical (unpaired) electrons. The van der Waals surface area contributed by atoms with Crippen molar-refractivity contribution in [3.05, 3.63) is 34.4 Å². The molecule has 1 N–H and O–H groups in total. The van der Waals surface area contributed by atoms with Crippen molar-refractivity contribution in [1.29, 1.82) is 0 Å². The lowest BCUT2D eigenvalue weighted by Gasteiger charge is -2.14. The number of aryl methyl sites for hydroxylation is 3. The molecule has 0 aromatic carbocycles. The Hall–Kier alpha value is -2.32. The molecule has 6 nitrogen and oxygen atoms in total. The van der Waals surface area contributed by atoms with Gasteiger partial charge >= 0.3 is 6.18 Å². The largest absolute Gasteiger partial charge is 0.435 e. The normalized spacial score (nSPS) is 13.2. The summed E-state index contributed by atoms with van der Waals surface area (Å²) in [5.41, 5.74) is 1.90. The average molecular weight is 343 g/mol. The molecule has 0 saturated carbocycles. The number of nitrogens with zero attached hydrogens (tertiary/aromatic N) is 4. The SMILES string of the molecule is Cc1nn(C)c(C)c1CNC(=O)C(C)n1nc(C(F)(F)F)cc1C. The van der Waals surface area contributed by atoms with Crippen LogP contribution in [0.5, 0.6) is 0 Å². The van der Waals surface area contributed by atoms with E-state index in [2.05, 4.69) is 15.5 Å². The third-order valence-electron chi connectivity index (χ3n) is 4.06. The summed E-state index contributed by atoms with van der Waals surface area (Å²) in [6, 6.07) is 0.0810. The Bertz CT molecular complexity index is 760. The Morgan fingerprint density at radius 3 is 2.38 bits per heavy atom. The molecule has 1 atom stereocenters. The van der Waals surface area contributed by atoms with Crippen molar-refractivity contribution in [2.45, 2.75) is 46.5 Å². The summed E-state index contributed by atoms with van der Waals surface area (Å²) in [5.74, 6) is -0.405. The number of carbonyl (C=O) groups is 1. The number of halogens is 3. The Kier molecular flexibility index (Phi) is 4.73. The summed E-state index contributed by atoms with van der Waals surface area (Å²) in [5, 5.41) is 10.5. The molecule has 0 saturated heterocycles. The topological polar surface area (TPSA) is 64.7 Å². The van der Waals surface area contributed by atoms with Crippen LogP contribution >= 0.6 is 0 Å². The van der Waals surface area contributed by atoms with Crippen LogP contribution in [0.2, 0.25) is 0 Å². The van der Waals surface area contributed by atoms with Crippen LogP contribution in [0.25, 0.3) is 0 Å². The minimum absolute atomic E-state index is 0.265. The van der Waals surface area contributed by atoms with E-state index in [0.29, 0.717) is 0 Å². The number of carbonyl (C=O) groups excluding carboxylic acids is 1. The third-order valence-corrected chi connectivity index (χ3v) is 4.06. The lowest BCUT2D eigenvalue weighted by molar-refractivity contribution is -0.142. The molecule has 0 aliphatic heterocycles. The molecule has 9 heteroatoms. The van der Waals surface area contributed by atoms with Crippen molar-refractivity contribution < 1.29 is 18.0 Å². The molecular weight excluding hydrogens is 323 g/mol. The Morgan fingerprint density at radius 2 is 1.92 bits per heavy atom. The smallest absolute Gasteiger partial charge is 0.350 e. The minimum Gasteiger partial charge on any atom is -0.350 e. The fourth-order valence-corrected chi connectivity index (χ4v) is 2.53. The monoisotopic (exact) mass is 343 g/mol. The van der Waals surface area contributed by atoms with Gasteiger partial charge < -0.3 is 5.32 Å². The van der Waals surface area contributed by atoms with E-state index in [4.69, 9.17) is 0 Å². The number of hydrogen-bond donors (Lipinski definition) is 1. The number of hydrogen-bond acceptors (Lipinski definition) is 3. The van der Waals surface area contributed by atoms with Gasteiger partial charge in [0.15, 0.2) is 5.69 Å². The summed E-state index contributed by atoms with van der Waals surface area (Å²) >= 11 is 0. The molecule has 1 unspecified atom stereocenters. The summed E-state index contributed by atoms with van der Waals surface area (Å²) in [6.07, 6.45) is -4.53. The zero-order valence-electron chi connectivity index (χ0n) is 14.2. The Labute approximate surface area is 137 Å². The van der Waals surface area contributed by atoms with Crippen LogP contribution < -0.4 is 5.32 Å². The lowest BCUT2D eigenvalue weighted by Crippen LogP contribution is -2.32. The van der Waals surface area contributed by atoms with Crippen molar-refractivity contribution in [2.75, 3.05) is 0 Å². The van der Waals surface area contributed by atoms with Crippen molar-refractivity contribution in [1.82, 2.24) is 24.9 Å². The Morgan fingerprint density at radius 1 is 1.29 bits per heavy atom. The molecule has 24 heavy (non-hydrogen) atoms. The molecule has 0 fully saturated rings. The van der Waals surface area contributed by atoms with Crippen molar-refractivity contribution in [3.8, 4) is 0 Å². The summed E-state index contributed by atoms with van der Waals surface area (Å²) in [4.78, 5) is 12.3. The van der Waals surface area contributed by atoms with Gasteiger partial charge in [-0.05, 0) is 33.8 Å². The summed E-state index contributed by atoms with van der Waals surface area (Å²) in [6.45, 7) is 6.99. The maximum Gasteiger partial charge on any atom is 0.435 e. The van der Waals surface area contributed by atoms with Crippen LogP contribution in [0.4, 0.5) is 13.2 Å². The van der Waals surface area contributed by atoms with Gasteiger partial charge in [0, 0.05) is 30.5 Å². The van der Waals surface area contributed by atoms with Gasteiger partial charge in [0.25, 0.3) is 0 Å². The van der Waals surface area contributed by atoms with E-state index in [9.17, 15) is 18.0 Å². The summed E-state index contributed by atoms with van der Waals surface area (Å²) < 4.78 is 41.0. The van der Waals surface area contributed by atoms with E-state index >= 15 is 0 Å². The second kappa shape index (κ2) is 6.29. The van der Waals surface area contributed by atoms with Gasteiger partial charge in [-0.25, -0.2) is 0 Å².